The maximum Gasteiger partial charge on any atom is 0.157 e. The number of benzene rings is 1. The van der Waals surface area contributed by atoms with Crippen LogP contribution in [0.2, 0.25) is 0 Å². The third-order valence-corrected chi connectivity index (χ3v) is 2.72. The number of nitrogens with one attached hydrogen (secondary N) is 1. The van der Waals surface area contributed by atoms with Crippen LogP contribution in [-0.4, -0.2) is 17.5 Å². The summed E-state index contributed by atoms with van der Waals surface area (Å²) in [4.78, 5) is 11.1. The van der Waals surface area contributed by atoms with Crippen molar-refractivity contribution in [2.24, 2.45) is 0 Å². The number of hydrogen-bond acceptors (Lipinski definition) is 3. The van der Waals surface area contributed by atoms with Crippen LogP contribution in [0.15, 0.2) is 42.1 Å². The molecule has 1 unspecified atom stereocenters. The van der Waals surface area contributed by atoms with Crippen LogP contribution in [0.1, 0.15) is 24.4 Å². The van der Waals surface area contributed by atoms with E-state index < -0.39 is 0 Å². The summed E-state index contributed by atoms with van der Waals surface area (Å²) in [5.74, 6) is 0.159. The predicted octanol–water partition coefficient (Wildman–Crippen LogP) is 1.56. The average molecular weight is 217 g/mol. The first-order valence-electron chi connectivity index (χ1n) is 5.45. The van der Waals surface area contributed by atoms with Gasteiger partial charge in [0.15, 0.2) is 5.78 Å². The fourth-order valence-electron chi connectivity index (χ4n) is 1.85. The molecule has 16 heavy (non-hydrogen) atoms. The lowest BCUT2D eigenvalue weighted by atomic mass is 10.1. The summed E-state index contributed by atoms with van der Waals surface area (Å²) < 4.78 is 0. The summed E-state index contributed by atoms with van der Waals surface area (Å²) >= 11 is 0. The van der Waals surface area contributed by atoms with Crippen LogP contribution in [-0.2, 0) is 4.79 Å². The first kappa shape index (κ1) is 10.9. The van der Waals surface area contributed by atoms with Crippen LogP contribution >= 0.6 is 0 Å². The molecule has 0 fully saturated rings. The number of rotatable bonds is 4. The normalized spacial score (nSPS) is 17.1. The van der Waals surface area contributed by atoms with Crippen LogP contribution in [0.5, 0.6) is 0 Å². The molecule has 1 atom stereocenters. The van der Waals surface area contributed by atoms with Gasteiger partial charge in [0.05, 0.1) is 12.6 Å². The highest BCUT2D eigenvalue weighted by Crippen LogP contribution is 2.18. The third kappa shape index (κ3) is 2.49. The molecular formula is C13H15NO2. The Morgan fingerprint density at radius 2 is 2.00 bits per heavy atom. The molecule has 0 saturated carbocycles. The summed E-state index contributed by atoms with van der Waals surface area (Å²) in [5.41, 5.74) is 1.96. The molecule has 3 heteroatoms. The Hall–Kier alpha value is -1.61. The van der Waals surface area contributed by atoms with Crippen LogP contribution in [0.4, 0.5) is 0 Å². The minimum Gasteiger partial charge on any atom is -0.394 e. The highest BCUT2D eigenvalue weighted by Gasteiger charge is 2.16. The van der Waals surface area contributed by atoms with E-state index >= 15 is 0 Å². The van der Waals surface area contributed by atoms with E-state index in [0.717, 1.165) is 17.7 Å². The molecule has 0 heterocycles. The SMILES string of the molecule is O=C1C=C(NC(CO)c2ccccc2)CC1. The number of aliphatic hydroxyl groups excluding tert-OH is 1. The highest BCUT2D eigenvalue weighted by molar-refractivity contribution is 5.92. The lowest BCUT2D eigenvalue weighted by Crippen LogP contribution is -2.23. The molecule has 0 aromatic heterocycles. The van der Waals surface area contributed by atoms with Crippen molar-refractivity contribution in [3.8, 4) is 0 Å². The Morgan fingerprint density at radius 1 is 1.25 bits per heavy atom. The second-order valence-corrected chi connectivity index (χ2v) is 3.93. The maximum absolute atomic E-state index is 11.1. The van der Waals surface area contributed by atoms with Crippen LogP contribution < -0.4 is 5.32 Å². The second-order valence-electron chi connectivity index (χ2n) is 3.93. The Balaban J connectivity index is 2.07. The third-order valence-electron chi connectivity index (χ3n) is 2.72. The topological polar surface area (TPSA) is 49.3 Å². The number of hydrogen-bond donors (Lipinski definition) is 2. The van der Waals surface area contributed by atoms with E-state index in [-0.39, 0.29) is 18.4 Å². The van der Waals surface area contributed by atoms with Crippen molar-refractivity contribution in [1.29, 1.82) is 0 Å². The smallest absolute Gasteiger partial charge is 0.157 e. The summed E-state index contributed by atoms with van der Waals surface area (Å²) in [7, 11) is 0. The molecule has 1 aliphatic carbocycles. The van der Waals surface area contributed by atoms with Crippen molar-refractivity contribution >= 4 is 5.78 Å². The fourth-order valence-corrected chi connectivity index (χ4v) is 1.85. The molecular weight excluding hydrogens is 202 g/mol. The first-order valence-corrected chi connectivity index (χ1v) is 5.45. The highest BCUT2D eigenvalue weighted by atomic mass is 16.3. The minimum absolute atomic E-state index is 0.0234. The number of allylic oxidation sites excluding steroid dienone is 2. The minimum atomic E-state index is -0.127. The molecule has 0 saturated heterocycles. The zero-order valence-corrected chi connectivity index (χ0v) is 9.02. The Bertz CT molecular complexity index is 398. The van der Waals surface area contributed by atoms with Crippen molar-refractivity contribution in [3.63, 3.8) is 0 Å². The molecule has 2 N–H and O–H groups in total. The molecule has 1 aromatic rings. The lowest BCUT2D eigenvalue weighted by Gasteiger charge is -2.18. The van der Waals surface area contributed by atoms with E-state index in [4.69, 9.17) is 0 Å². The van der Waals surface area contributed by atoms with Gasteiger partial charge in [-0.05, 0) is 12.0 Å². The standard InChI is InChI=1S/C13H15NO2/c15-9-13(10-4-2-1-3-5-10)14-11-6-7-12(16)8-11/h1-5,8,13-15H,6-7,9H2. The summed E-state index contributed by atoms with van der Waals surface area (Å²) in [6.45, 7) is 0.0234. The first-order chi connectivity index (χ1) is 7.79. The van der Waals surface area contributed by atoms with Crippen molar-refractivity contribution < 1.29 is 9.90 Å². The molecule has 0 radical (unpaired) electrons. The Morgan fingerprint density at radius 3 is 2.56 bits per heavy atom. The van der Waals surface area contributed by atoms with E-state index in [1.54, 1.807) is 6.08 Å². The van der Waals surface area contributed by atoms with Gasteiger partial charge in [-0.1, -0.05) is 30.3 Å². The van der Waals surface area contributed by atoms with Gasteiger partial charge in [0.1, 0.15) is 0 Å². The summed E-state index contributed by atoms with van der Waals surface area (Å²) in [6, 6.07) is 9.62. The van der Waals surface area contributed by atoms with Crippen molar-refractivity contribution in [2.45, 2.75) is 18.9 Å². The van der Waals surface area contributed by atoms with E-state index in [0.29, 0.717) is 6.42 Å². The summed E-state index contributed by atoms with van der Waals surface area (Å²) in [6.07, 6.45) is 2.96. The van der Waals surface area contributed by atoms with Crippen molar-refractivity contribution in [2.75, 3.05) is 6.61 Å². The van der Waals surface area contributed by atoms with E-state index in [1.807, 2.05) is 30.3 Å². The molecule has 0 spiro atoms. The van der Waals surface area contributed by atoms with Crippen LogP contribution in [0, 0.1) is 0 Å². The quantitative estimate of drug-likeness (QED) is 0.804. The number of ketones is 1. The molecule has 2 rings (SSSR count). The van der Waals surface area contributed by atoms with Gasteiger partial charge in [0, 0.05) is 18.2 Å². The molecule has 1 aliphatic rings. The van der Waals surface area contributed by atoms with Gasteiger partial charge in [-0.3, -0.25) is 4.79 Å². The lowest BCUT2D eigenvalue weighted by molar-refractivity contribution is -0.114. The van der Waals surface area contributed by atoms with Crippen molar-refractivity contribution in [3.05, 3.63) is 47.7 Å². The van der Waals surface area contributed by atoms with Gasteiger partial charge in [0.25, 0.3) is 0 Å². The van der Waals surface area contributed by atoms with Crippen LogP contribution in [0.25, 0.3) is 0 Å². The second kappa shape index (κ2) is 4.94. The van der Waals surface area contributed by atoms with E-state index in [1.165, 1.54) is 0 Å². The monoisotopic (exact) mass is 217 g/mol. The predicted molar refractivity (Wildman–Crippen MR) is 61.7 cm³/mol. The average Bonchev–Trinajstić information content (AvgIpc) is 2.73. The van der Waals surface area contributed by atoms with Gasteiger partial charge in [-0.2, -0.15) is 0 Å². The number of aliphatic hydroxyl groups is 1. The molecule has 84 valence electrons. The van der Waals surface area contributed by atoms with Crippen LogP contribution in [0.3, 0.4) is 0 Å². The number of carbonyl (C=O) groups is 1. The van der Waals surface area contributed by atoms with Gasteiger partial charge in [0.2, 0.25) is 0 Å². The molecule has 0 amide bonds. The van der Waals surface area contributed by atoms with Crippen molar-refractivity contribution in [1.82, 2.24) is 5.32 Å². The fraction of sp³-hybridized carbons (Fsp3) is 0.308. The molecule has 1 aromatic carbocycles. The summed E-state index contributed by atoms with van der Waals surface area (Å²) in [5, 5.41) is 12.5. The van der Waals surface area contributed by atoms with Gasteiger partial charge < -0.3 is 10.4 Å². The zero-order valence-electron chi connectivity index (χ0n) is 9.02. The van der Waals surface area contributed by atoms with Gasteiger partial charge >= 0.3 is 0 Å². The zero-order chi connectivity index (χ0) is 11.4. The van der Waals surface area contributed by atoms with E-state index in [9.17, 15) is 9.90 Å². The van der Waals surface area contributed by atoms with E-state index in [2.05, 4.69) is 5.32 Å². The largest absolute Gasteiger partial charge is 0.394 e. The van der Waals surface area contributed by atoms with Gasteiger partial charge in [-0.15, -0.1) is 0 Å². The maximum atomic E-state index is 11.1. The molecule has 0 aliphatic heterocycles. The number of carbonyl (C=O) groups excluding carboxylic acids is 1. The Labute approximate surface area is 94.8 Å². The molecule has 0 bridgehead atoms. The Kier molecular flexibility index (Phi) is 3.37. The molecule has 3 nitrogen and oxygen atoms in total. The van der Waals surface area contributed by atoms with Gasteiger partial charge in [-0.25, -0.2) is 0 Å².